The number of hydrogen-bond donors (Lipinski definition) is 0. The molecule has 116 valence electrons. The van der Waals surface area contributed by atoms with Crippen molar-refractivity contribution in [1.29, 1.82) is 0 Å². The van der Waals surface area contributed by atoms with E-state index in [-0.39, 0.29) is 5.91 Å². The fourth-order valence-corrected chi connectivity index (χ4v) is 3.00. The lowest BCUT2D eigenvalue weighted by Crippen LogP contribution is -2.30. The van der Waals surface area contributed by atoms with E-state index in [1.54, 1.807) is 0 Å². The Labute approximate surface area is 128 Å². The van der Waals surface area contributed by atoms with Crippen molar-refractivity contribution in [3.05, 3.63) is 35.4 Å². The summed E-state index contributed by atoms with van der Waals surface area (Å²) in [7, 11) is 0. The summed E-state index contributed by atoms with van der Waals surface area (Å²) in [6.07, 6.45) is 5.37. The zero-order valence-corrected chi connectivity index (χ0v) is 13.5. The molecular formula is C18H28N2O. The van der Waals surface area contributed by atoms with Gasteiger partial charge in [0, 0.05) is 25.2 Å². The SMILES string of the molecule is CCN(CC)C(=O)c1ccc(CN2CCCCCC2)cc1. The number of rotatable bonds is 5. The van der Waals surface area contributed by atoms with Crippen molar-refractivity contribution in [2.24, 2.45) is 0 Å². The molecule has 21 heavy (non-hydrogen) atoms. The molecule has 3 heteroatoms. The molecule has 3 nitrogen and oxygen atoms in total. The molecule has 1 aliphatic heterocycles. The molecule has 0 radical (unpaired) electrons. The van der Waals surface area contributed by atoms with E-state index < -0.39 is 0 Å². The Kier molecular flexibility index (Phi) is 6.24. The Bertz CT molecular complexity index is 429. The van der Waals surface area contributed by atoms with Crippen LogP contribution in [-0.4, -0.2) is 41.9 Å². The zero-order chi connectivity index (χ0) is 15.1. The molecule has 2 rings (SSSR count). The summed E-state index contributed by atoms with van der Waals surface area (Å²) in [6, 6.07) is 8.19. The maximum Gasteiger partial charge on any atom is 0.253 e. The van der Waals surface area contributed by atoms with Gasteiger partial charge in [0.1, 0.15) is 0 Å². The van der Waals surface area contributed by atoms with E-state index in [1.165, 1.54) is 44.3 Å². The van der Waals surface area contributed by atoms with Crippen LogP contribution in [0, 0.1) is 0 Å². The third-order valence-electron chi connectivity index (χ3n) is 4.36. The molecule has 0 saturated carbocycles. The second kappa shape index (κ2) is 8.18. The molecule has 0 spiro atoms. The molecule has 1 aromatic rings. The molecule has 0 atom stereocenters. The van der Waals surface area contributed by atoms with E-state index in [0.717, 1.165) is 25.2 Å². The standard InChI is InChI=1S/C18H28N2O/c1-3-20(4-2)18(21)17-11-9-16(10-12-17)15-19-13-7-5-6-8-14-19/h9-12H,3-8,13-15H2,1-2H3. The summed E-state index contributed by atoms with van der Waals surface area (Å²) >= 11 is 0. The fraction of sp³-hybridized carbons (Fsp3) is 0.611. The largest absolute Gasteiger partial charge is 0.339 e. The van der Waals surface area contributed by atoms with Gasteiger partial charge in [0.25, 0.3) is 5.91 Å². The lowest BCUT2D eigenvalue weighted by atomic mass is 10.1. The van der Waals surface area contributed by atoms with Crippen LogP contribution >= 0.6 is 0 Å². The molecule has 1 amide bonds. The summed E-state index contributed by atoms with van der Waals surface area (Å²) in [5.41, 5.74) is 2.12. The summed E-state index contributed by atoms with van der Waals surface area (Å²) in [5, 5.41) is 0. The summed E-state index contributed by atoms with van der Waals surface area (Å²) in [4.78, 5) is 16.7. The van der Waals surface area contributed by atoms with Gasteiger partial charge in [0.05, 0.1) is 0 Å². The summed E-state index contributed by atoms with van der Waals surface area (Å²) in [5.74, 6) is 0.140. The molecular weight excluding hydrogens is 260 g/mol. The van der Waals surface area contributed by atoms with Crippen LogP contribution in [0.1, 0.15) is 55.5 Å². The smallest absolute Gasteiger partial charge is 0.253 e. The Morgan fingerprint density at radius 2 is 1.57 bits per heavy atom. The van der Waals surface area contributed by atoms with Crippen LogP contribution in [0.4, 0.5) is 0 Å². The lowest BCUT2D eigenvalue weighted by molar-refractivity contribution is 0.0773. The van der Waals surface area contributed by atoms with Crippen LogP contribution < -0.4 is 0 Å². The molecule has 1 heterocycles. The van der Waals surface area contributed by atoms with E-state index in [2.05, 4.69) is 17.0 Å². The van der Waals surface area contributed by atoms with Crippen LogP contribution in [-0.2, 0) is 6.54 Å². The quantitative estimate of drug-likeness (QED) is 0.827. The Morgan fingerprint density at radius 3 is 2.10 bits per heavy atom. The predicted octanol–water partition coefficient (Wildman–Crippen LogP) is 3.54. The molecule has 0 bridgehead atoms. The fourth-order valence-electron chi connectivity index (χ4n) is 3.00. The van der Waals surface area contributed by atoms with Crippen LogP contribution in [0.2, 0.25) is 0 Å². The normalized spacial score (nSPS) is 16.5. The minimum absolute atomic E-state index is 0.140. The van der Waals surface area contributed by atoms with Crippen molar-refractivity contribution in [1.82, 2.24) is 9.80 Å². The topological polar surface area (TPSA) is 23.6 Å². The highest BCUT2D eigenvalue weighted by Crippen LogP contribution is 2.14. The van der Waals surface area contributed by atoms with Gasteiger partial charge in [-0.05, 0) is 57.5 Å². The van der Waals surface area contributed by atoms with Gasteiger partial charge in [-0.3, -0.25) is 9.69 Å². The second-order valence-corrected chi connectivity index (χ2v) is 5.86. The average Bonchev–Trinajstić information content (AvgIpc) is 2.78. The maximum atomic E-state index is 12.3. The van der Waals surface area contributed by atoms with Gasteiger partial charge >= 0.3 is 0 Å². The van der Waals surface area contributed by atoms with E-state index in [0.29, 0.717) is 0 Å². The average molecular weight is 288 g/mol. The first kappa shape index (κ1) is 16.0. The van der Waals surface area contributed by atoms with Crippen LogP contribution in [0.5, 0.6) is 0 Å². The number of hydrogen-bond acceptors (Lipinski definition) is 2. The monoisotopic (exact) mass is 288 g/mol. The molecule has 0 aliphatic carbocycles. The lowest BCUT2D eigenvalue weighted by Gasteiger charge is -2.21. The van der Waals surface area contributed by atoms with Crippen molar-refractivity contribution in [2.45, 2.75) is 46.1 Å². The van der Waals surface area contributed by atoms with Crippen LogP contribution in [0.15, 0.2) is 24.3 Å². The molecule has 0 aromatic heterocycles. The van der Waals surface area contributed by atoms with Gasteiger partial charge in [-0.15, -0.1) is 0 Å². The Morgan fingerprint density at radius 1 is 1.00 bits per heavy atom. The summed E-state index contributed by atoms with van der Waals surface area (Å²) in [6.45, 7) is 9.01. The highest BCUT2D eigenvalue weighted by molar-refractivity contribution is 5.94. The first-order valence-electron chi connectivity index (χ1n) is 8.35. The second-order valence-electron chi connectivity index (χ2n) is 5.86. The van der Waals surface area contributed by atoms with Crippen molar-refractivity contribution in [3.63, 3.8) is 0 Å². The molecule has 0 unspecified atom stereocenters. The molecule has 1 fully saturated rings. The van der Waals surface area contributed by atoms with Gasteiger partial charge in [0.15, 0.2) is 0 Å². The van der Waals surface area contributed by atoms with Gasteiger partial charge < -0.3 is 4.90 Å². The Balaban J connectivity index is 1.96. The first-order valence-corrected chi connectivity index (χ1v) is 8.35. The van der Waals surface area contributed by atoms with E-state index in [1.807, 2.05) is 30.9 Å². The van der Waals surface area contributed by atoms with E-state index >= 15 is 0 Å². The summed E-state index contributed by atoms with van der Waals surface area (Å²) < 4.78 is 0. The maximum absolute atomic E-state index is 12.3. The minimum atomic E-state index is 0.140. The van der Waals surface area contributed by atoms with Crippen LogP contribution in [0.25, 0.3) is 0 Å². The highest BCUT2D eigenvalue weighted by Gasteiger charge is 2.13. The third kappa shape index (κ3) is 4.57. The van der Waals surface area contributed by atoms with Crippen molar-refractivity contribution >= 4 is 5.91 Å². The third-order valence-corrected chi connectivity index (χ3v) is 4.36. The number of carbonyl (C=O) groups is 1. The van der Waals surface area contributed by atoms with Gasteiger partial charge in [-0.1, -0.05) is 25.0 Å². The number of benzene rings is 1. The van der Waals surface area contributed by atoms with Gasteiger partial charge in [-0.2, -0.15) is 0 Å². The first-order chi connectivity index (χ1) is 10.2. The number of nitrogens with zero attached hydrogens (tertiary/aromatic N) is 2. The van der Waals surface area contributed by atoms with Gasteiger partial charge in [0.2, 0.25) is 0 Å². The van der Waals surface area contributed by atoms with Crippen molar-refractivity contribution in [2.75, 3.05) is 26.2 Å². The number of amides is 1. The molecule has 0 N–H and O–H groups in total. The minimum Gasteiger partial charge on any atom is -0.339 e. The number of likely N-dealkylation sites (tertiary alicyclic amines) is 1. The van der Waals surface area contributed by atoms with E-state index in [4.69, 9.17) is 0 Å². The van der Waals surface area contributed by atoms with Crippen molar-refractivity contribution in [3.8, 4) is 0 Å². The van der Waals surface area contributed by atoms with E-state index in [9.17, 15) is 4.79 Å². The zero-order valence-electron chi connectivity index (χ0n) is 13.5. The van der Waals surface area contributed by atoms with Crippen molar-refractivity contribution < 1.29 is 4.79 Å². The van der Waals surface area contributed by atoms with Gasteiger partial charge in [-0.25, -0.2) is 0 Å². The number of carbonyl (C=O) groups excluding carboxylic acids is 1. The highest BCUT2D eigenvalue weighted by atomic mass is 16.2. The predicted molar refractivity (Wildman–Crippen MR) is 87.4 cm³/mol. The molecule has 1 aliphatic rings. The van der Waals surface area contributed by atoms with Crippen LogP contribution in [0.3, 0.4) is 0 Å². The molecule has 1 aromatic carbocycles. The Hall–Kier alpha value is -1.35. The molecule has 1 saturated heterocycles.